The number of unbranched alkanes of at least 4 members (excludes halogenated alkanes) is 17. The molecule has 0 aromatic heterocycles. The van der Waals surface area contributed by atoms with Crippen LogP contribution in [0.25, 0.3) is 0 Å². The van der Waals surface area contributed by atoms with Crippen LogP contribution >= 0.6 is 0 Å². The molecule has 0 aliphatic rings. The Labute approximate surface area is 205 Å². The normalized spacial score (nSPS) is 11.1. The van der Waals surface area contributed by atoms with E-state index in [1.54, 1.807) is 0 Å². The zero-order valence-electron chi connectivity index (χ0n) is 21.6. The Morgan fingerprint density at radius 1 is 0.667 bits per heavy atom. The number of benzene rings is 1. The molecule has 1 aromatic rings. The topological polar surface area (TPSA) is 35.5 Å². The second kappa shape index (κ2) is 22.4. The number of rotatable bonds is 23. The van der Waals surface area contributed by atoms with Crippen molar-refractivity contribution in [2.75, 3.05) is 6.61 Å². The molecule has 3 nitrogen and oxygen atoms in total. The van der Waals surface area contributed by atoms with E-state index in [2.05, 4.69) is 13.8 Å². The second-order valence-corrected chi connectivity index (χ2v) is 9.50. The minimum absolute atomic E-state index is 0.399. The van der Waals surface area contributed by atoms with Crippen LogP contribution < -0.4 is 0 Å². The van der Waals surface area contributed by atoms with Crippen LogP contribution in [0.2, 0.25) is 0 Å². The average Bonchev–Trinajstić information content (AvgIpc) is 2.83. The quantitative estimate of drug-likeness (QED) is 0.0928. The molecule has 1 aromatic carbocycles. The van der Waals surface area contributed by atoms with Crippen LogP contribution in [-0.2, 0) is 16.2 Å². The maximum Gasteiger partial charge on any atom is 0.373 e. The van der Waals surface area contributed by atoms with Crippen LogP contribution in [0, 0.1) is 6.92 Å². The summed E-state index contributed by atoms with van der Waals surface area (Å²) in [6.07, 6.45) is 25.7. The van der Waals surface area contributed by atoms with Gasteiger partial charge in [0.1, 0.15) is 0 Å². The van der Waals surface area contributed by atoms with E-state index < -0.39 is 5.97 Å². The molecule has 0 aliphatic heterocycles. The monoisotopic (exact) mass is 459 g/mol. The molecule has 189 valence electrons. The van der Waals surface area contributed by atoms with Crippen molar-refractivity contribution in [3.05, 3.63) is 42.3 Å². The summed E-state index contributed by atoms with van der Waals surface area (Å²) in [4.78, 5) is 22.1. The number of aryl methyl sites for hydroxylation is 1. The van der Waals surface area contributed by atoms with Gasteiger partial charge >= 0.3 is 5.97 Å². The summed E-state index contributed by atoms with van der Waals surface area (Å²) < 4.78 is 0. The maximum atomic E-state index is 12.0. The summed E-state index contributed by atoms with van der Waals surface area (Å²) in [5, 5.41) is 0. The van der Waals surface area contributed by atoms with Gasteiger partial charge in [-0.05, 0) is 37.0 Å². The average molecular weight is 460 g/mol. The van der Waals surface area contributed by atoms with Gasteiger partial charge in [0.05, 0.1) is 12.2 Å². The smallest absolute Gasteiger partial charge is 0.293 e. The number of carbonyl (C=O) groups excluding carboxylic acids is 1. The Morgan fingerprint density at radius 3 is 1.64 bits per heavy atom. The highest BCUT2D eigenvalue weighted by Gasteiger charge is 2.08. The van der Waals surface area contributed by atoms with Crippen molar-refractivity contribution in [3.8, 4) is 0 Å². The molecule has 1 rings (SSSR count). The fraction of sp³-hybridized carbons (Fsp3) is 0.733. The minimum Gasteiger partial charge on any atom is -0.293 e. The van der Waals surface area contributed by atoms with E-state index in [9.17, 15) is 4.79 Å². The molecule has 3 heteroatoms. The van der Waals surface area contributed by atoms with E-state index in [1.165, 1.54) is 108 Å². The lowest BCUT2D eigenvalue weighted by Crippen LogP contribution is -2.07. The summed E-state index contributed by atoms with van der Waals surface area (Å²) in [5.41, 5.74) is 1.83. The van der Waals surface area contributed by atoms with E-state index in [0.717, 1.165) is 25.7 Å². The van der Waals surface area contributed by atoms with Crippen LogP contribution in [0.3, 0.4) is 0 Å². The summed E-state index contributed by atoms with van der Waals surface area (Å²) in [6.45, 7) is 6.59. The lowest BCUT2D eigenvalue weighted by Gasteiger charge is -2.06. The van der Waals surface area contributed by atoms with Crippen molar-refractivity contribution >= 4 is 5.97 Å². The molecule has 0 aliphatic carbocycles. The van der Waals surface area contributed by atoms with Crippen LogP contribution in [0.5, 0.6) is 0 Å². The van der Waals surface area contributed by atoms with Gasteiger partial charge < -0.3 is 0 Å². The van der Waals surface area contributed by atoms with Crippen molar-refractivity contribution in [2.24, 2.45) is 0 Å². The fourth-order valence-electron chi connectivity index (χ4n) is 4.17. The summed E-state index contributed by atoms with van der Waals surface area (Å²) in [7, 11) is 0. The van der Waals surface area contributed by atoms with Crippen LogP contribution in [-0.4, -0.2) is 12.6 Å². The van der Waals surface area contributed by atoms with Gasteiger partial charge in [-0.2, -0.15) is 4.89 Å². The molecular weight excluding hydrogens is 408 g/mol. The first-order chi connectivity index (χ1) is 16.3. The fourth-order valence-corrected chi connectivity index (χ4v) is 4.17. The standard InChI is InChI=1S/C30H51O3/c1-3-5-7-8-9-10-11-12-13-14-15-16-17-18-19-21-27-32-33-30(31)29-25-23-28(24-26-29)22-20-6-4-2/h23-26H,1,3-22,27H2,2H3. The third kappa shape index (κ3) is 17.7. The van der Waals surface area contributed by atoms with E-state index in [0.29, 0.717) is 12.2 Å². The number of hydrogen-bond donors (Lipinski definition) is 0. The number of carbonyl (C=O) groups is 1. The lowest BCUT2D eigenvalue weighted by molar-refractivity contribution is -0.241. The van der Waals surface area contributed by atoms with Gasteiger partial charge in [-0.3, -0.25) is 4.89 Å². The Hall–Kier alpha value is -1.35. The molecule has 0 amide bonds. The first-order valence-electron chi connectivity index (χ1n) is 14.0. The van der Waals surface area contributed by atoms with Crippen molar-refractivity contribution in [1.29, 1.82) is 0 Å². The molecule has 0 N–H and O–H groups in total. The van der Waals surface area contributed by atoms with Gasteiger partial charge in [0.15, 0.2) is 0 Å². The number of hydrogen-bond acceptors (Lipinski definition) is 3. The summed E-state index contributed by atoms with van der Waals surface area (Å²) >= 11 is 0. The molecule has 0 heterocycles. The van der Waals surface area contributed by atoms with Gasteiger partial charge in [-0.1, -0.05) is 135 Å². The molecule has 0 unspecified atom stereocenters. The summed E-state index contributed by atoms with van der Waals surface area (Å²) in [6, 6.07) is 7.69. The van der Waals surface area contributed by atoms with Crippen LogP contribution in [0.4, 0.5) is 0 Å². The second-order valence-electron chi connectivity index (χ2n) is 9.50. The molecule has 0 saturated heterocycles. The van der Waals surface area contributed by atoms with Crippen molar-refractivity contribution in [2.45, 2.75) is 135 Å². The van der Waals surface area contributed by atoms with E-state index >= 15 is 0 Å². The third-order valence-electron chi connectivity index (χ3n) is 6.37. The SMILES string of the molecule is [CH2]CCCCCCCCCCCCCCCCCOOC(=O)c1ccc(CCCCC)cc1. The highest BCUT2D eigenvalue weighted by atomic mass is 17.2. The van der Waals surface area contributed by atoms with Crippen LogP contribution in [0.15, 0.2) is 24.3 Å². The molecular formula is C30H51O3. The van der Waals surface area contributed by atoms with Crippen LogP contribution in [0.1, 0.15) is 145 Å². The van der Waals surface area contributed by atoms with Gasteiger partial charge in [0.2, 0.25) is 0 Å². The predicted molar refractivity (Wildman–Crippen MR) is 140 cm³/mol. The molecule has 0 bridgehead atoms. The van der Waals surface area contributed by atoms with Gasteiger partial charge in [0.25, 0.3) is 0 Å². The van der Waals surface area contributed by atoms with E-state index in [4.69, 9.17) is 9.78 Å². The predicted octanol–water partition coefficient (Wildman–Crippen LogP) is 9.58. The van der Waals surface area contributed by atoms with E-state index in [1.807, 2.05) is 24.3 Å². The first-order valence-corrected chi connectivity index (χ1v) is 14.0. The van der Waals surface area contributed by atoms with Crippen molar-refractivity contribution < 1.29 is 14.6 Å². The van der Waals surface area contributed by atoms with Gasteiger partial charge in [-0.25, -0.2) is 4.79 Å². The minimum atomic E-state index is -0.399. The van der Waals surface area contributed by atoms with E-state index in [-0.39, 0.29) is 0 Å². The van der Waals surface area contributed by atoms with Crippen molar-refractivity contribution in [1.82, 2.24) is 0 Å². The molecule has 0 spiro atoms. The molecule has 1 radical (unpaired) electrons. The van der Waals surface area contributed by atoms with Gasteiger partial charge in [0, 0.05) is 0 Å². The molecule has 0 fully saturated rings. The maximum absolute atomic E-state index is 12.0. The Kier molecular flexibility index (Phi) is 20.2. The van der Waals surface area contributed by atoms with Gasteiger partial charge in [-0.15, -0.1) is 0 Å². The lowest BCUT2D eigenvalue weighted by atomic mass is 10.0. The highest BCUT2D eigenvalue weighted by Crippen LogP contribution is 2.14. The van der Waals surface area contributed by atoms with Crippen molar-refractivity contribution in [3.63, 3.8) is 0 Å². The highest BCUT2D eigenvalue weighted by molar-refractivity contribution is 5.88. The zero-order valence-corrected chi connectivity index (χ0v) is 21.6. The zero-order chi connectivity index (χ0) is 23.8. The Bertz CT molecular complexity index is 552. The largest absolute Gasteiger partial charge is 0.373 e. The molecule has 33 heavy (non-hydrogen) atoms. The third-order valence-corrected chi connectivity index (χ3v) is 6.37. The molecule has 0 atom stereocenters. The summed E-state index contributed by atoms with van der Waals surface area (Å²) in [5.74, 6) is -0.399. The Morgan fingerprint density at radius 2 is 1.15 bits per heavy atom. The molecule has 0 saturated carbocycles. The first kappa shape index (κ1) is 29.7. The Balaban J connectivity index is 1.85.